The maximum absolute atomic E-state index is 10.6. The summed E-state index contributed by atoms with van der Waals surface area (Å²) < 4.78 is 0. The molecular weight excluding hydrogens is 374 g/mol. The van der Waals surface area contributed by atoms with Gasteiger partial charge >= 0.3 is 0 Å². The first kappa shape index (κ1) is 27.7. The molecule has 0 aromatic carbocycles. The molecule has 0 rings (SSSR count). The molecule has 8 atom stereocenters. The number of carbonyl (C=O) groups is 3. The van der Waals surface area contributed by atoms with Gasteiger partial charge in [-0.25, -0.2) is 0 Å². The van der Waals surface area contributed by atoms with E-state index in [2.05, 4.69) is 5.32 Å². The van der Waals surface area contributed by atoms with Crippen LogP contribution in [0.3, 0.4) is 0 Å². The molecule has 1 amide bonds. The van der Waals surface area contributed by atoms with E-state index in [9.17, 15) is 24.6 Å². The van der Waals surface area contributed by atoms with Crippen LogP contribution in [0.15, 0.2) is 0 Å². The third-order valence-electron chi connectivity index (χ3n) is 3.24. The van der Waals surface area contributed by atoms with Crippen LogP contribution >= 0.6 is 0 Å². The fourth-order valence-corrected chi connectivity index (χ4v) is 1.60. The van der Waals surface area contributed by atoms with E-state index in [1.165, 1.54) is 0 Å². The molecule has 27 heavy (non-hydrogen) atoms. The Labute approximate surface area is 154 Å². The predicted octanol–water partition coefficient (Wildman–Crippen LogP) is -6.61. The van der Waals surface area contributed by atoms with E-state index < -0.39 is 67.9 Å². The van der Waals surface area contributed by atoms with Crippen molar-refractivity contribution in [3.8, 4) is 0 Å². The molecule has 8 unspecified atom stereocenters. The van der Waals surface area contributed by atoms with Crippen LogP contribution in [-0.4, -0.2) is 126 Å². The van der Waals surface area contributed by atoms with E-state index in [0.717, 1.165) is 6.92 Å². The molecule has 0 heterocycles. The molecule has 0 radical (unpaired) electrons. The third-order valence-corrected chi connectivity index (χ3v) is 3.24. The summed E-state index contributed by atoms with van der Waals surface area (Å²) >= 11 is 0. The highest BCUT2D eigenvalue weighted by molar-refractivity contribution is 5.77. The monoisotopic (exact) mass is 401 g/mol. The van der Waals surface area contributed by atoms with Gasteiger partial charge in [0.15, 0.2) is 6.29 Å². The minimum Gasteiger partial charge on any atom is -0.394 e. The standard InChI is InChI=1S/C8H15NO6.C6H12O6/c1-4(12)9-5(2-10)7(14)8(15)6(13)3-11;7-1-3(9)5(11)6(12)4(10)2-8/h2,5-8,11,13-15H,3H2,1H3,(H,9,12);1,3-6,8-12H,2H2. The summed E-state index contributed by atoms with van der Waals surface area (Å²) in [6.07, 6.45) is -11.6. The van der Waals surface area contributed by atoms with Gasteiger partial charge < -0.3 is 60.9 Å². The van der Waals surface area contributed by atoms with Crippen molar-refractivity contribution in [2.24, 2.45) is 0 Å². The van der Waals surface area contributed by atoms with E-state index in [4.69, 9.17) is 35.7 Å². The van der Waals surface area contributed by atoms with Crippen molar-refractivity contribution in [1.29, 1.82) is 0 Å². The van der Waals surface area contributed by atoms with Crippen molar-refractivity contribution in [3.63, 3.8) is 0 Å². The van der Waals surface area contributed by atoms with Crippen LogP contribution in [0.4, 0.5) is 0 Å². The molecule has 0 aromatic rings. The van der Waals surface area contributed by atoms with Crippen LogP contribution in [-0.2, 0) is 14.4 Å². The Morgan fingerprint density at radius 3 is 1.48 bits per heavy atom. The minimum atomic E-state index is -1.79. The van der Waals surface area contributed by atoms with Crippen LogP contribution in [0.25, 0.3) is 0 Å². The number of hydrogen-bond donors (Lipinski definition) is 10. The zero-order chi connectivity index (χ0) is 21.7. The lowest BCUT2D eigenvalue weighted by Gasteiger charge is -2.25. The van der Waals surface area contributed by atoms with E-state index in [0.29, 0.717) is 0 Å². The Morgan fingerprint density at radius 2 is 1.19 bits per heavy atom. The molecule has 0 saturated heterocycles. The largest absolute Gasteiger partial charge is 0.394 e. The van der Waals surface area contributed by atoms with E-state index in [-0.39, 0.29) is 12.6 Å². The average Bonchev–Trinajstić information content (AvgIpc) is 2.67. The Hall–Kier alpha value is -1.55. The smallest absolute Gasteiger partial charge is 0.217 e. The summed E-state index contributed by atoms with van der Waals surface area (Å²) in [6.45, 7) is -0.383. The molecule has 0 aromatic heterocycles. The highest BCUT2D eigenvalue weighted by Gasteiger charge is 2.31. The number of amides is 1. The van der Waals surface area contributed by atoms with Crippen molar-refractivity contribution >= 4 is 18.5 Å². The topological polar surface area (TPSA) is 245 Å². The lowest BCUT2D eigenvalue weighted by Crippen LogP contribution is -2.53. The van der Waals surface area contributed by atoms with E-state index in [1.54, 1.807) is 0 Å². The molecule has 0 aliphatic rings. The summed E-state index contributed by atoms with van der Waals surface area (Å²) in [6, 6.07) is -1.32. The minimum absolute atomic E-state index is 0.0258. The molecule has 0 aliphatic heterocycles. The van der Waals surface area contributed by atoms with Gasteiger partial charge in [0.05, 0.1) is 13.2 Å². The van der Waals surface area contributed by atoms with Gasteiger partial charge in [-0.3, -0.25) is 4.79 Å². The first-order valence-corrected chi connectivity index (χ1v) is 7.64. The van der Waals surface area contributed by atoms with Crippen molar-refractivity contribution in [2.45, 2.75) is 55.7 Å². The molecule has 0 spiro atoms. The zero-order valence-corrected chi connectivity index (χ0v) is 14.4. The number of nitrogens with one attached hydrogen (secondary N) is 1. The number of aldehydes is 2. The fraction of sp³-hybridized carbons (Fsp3) is 0.786. The van der Waals surface area contributed by atoms with Crippen LogP contribution in [0, 0.1) is 0 Å². The maximum atomic E-state index is 10.6. The highest BCUT2D eigenvalue weighted by atomic mass is 16.4. The van der Waals surface area contributed by atoms with Gasteiger partial charge in [-0.1, -0.05) is 0 Å². The van der Waals surface area contributed by atoms with Crippen LogP contribution in [0.2, 0.25) is 0 Å². The SMILES string of the molecule is CC(=O)NC(C=O)C(O)C(O)C(O)CO.O=CC(O)C(O)C(O)C(O)CO. The summed E-state index contributed by atoms with van der Waals surface area (Å²) in [7, 11) is 0. The lowest BCUT2D eigenvalue weighted by atomic mass is 10.0. The molecule has 0 bridgehead atoms. The molecule has 13 heteroatoms. The Balaban J connectivity index is 0. The maximum Gasteiger partial charge on any atom is 0.217 e. The highest BCUT2D eigenvalue weighted by Crippen LogP contribution is 2.04. The van der Waals surface area contributed by atoms with Gasteiger partial charge in [0, 0.05) is 6.92 Å². The Bertz CT molecular complexity index is 436. The normalized spacial score (nSPS) is 19.8. The summed E-state index contributed by atoms with van der Waals surface area (Å²) in [5.74, 6) is -0.558. The molecule has 0 aliphatic carbocycles. The molecule has 13 nitrogen and oxygen atoms in total. The number of aliphatic hydroxyl groups excluding tert-OH is 9. The van der Waals surface area contributed by atoms with Gasteiger partial charge in [-0.05, 0) is 0 Å². The Morgan fingerprint density at radius 1 is 0.778 bits per heavy atom. The van der Waals surface area contributed by atoms with Crippen molar-refractivity contribution in [1.82, 2.24) is 5.32 Å². The van der Waals surface area contributed by atoms with E-state index >= 15 is 0 Å². The summed E-state index contributed by atoms with van der Waals surface area (Å²) in [5, 5.41) is 81.7. The lowest BCUT2D eigenvalue weighted by molar-refractivity contribution is -0.136. The second-order valence-corrected chi connectivity index (χ2v) is 5.45. The van der Waals surface area contributed by atoms with Crippen LogP contribution in [0.5, 0.6) is 0 Å². The number of hydrogen-bond acceptors (Lipinski definition) is 12. The zero-order valence-electron chi connectivity index (χ0n) is 14.4. The number of rotatable bonds is 11. The van der Waals surface area contributed by atoms with Gasteiger partial charge in [-0.2, -0.15) is 0 Å². The number of aliphatic hydroxyl groups is 9. The number of carbonyl (C=O) groups excluding carboxylic acids is 3. The van der Waals surface area contributed by atoms with Gasteiger partial charge in [0.2, 0.25) is 5.91 Å². The molecule has 0 fully saturated rings. The van der Waals surface area contributed by atoms with Crippen LogP contribution < -0.4 is 5.32 Å². The van der Waals surface area contributed by atoms with Crippen molar-refractivity contribution in [2.75, 3.05) is 13.2 Å². The molecule has 160 valence electrons. The van der Waals surface area contributed by atoms with Gasteiger partial charge in [0.25, 0.3) is 0 Å². The Kier molecular flexibility index (Phi) is 14.9. The van der Waals surface area contributed by atoms with Gasteiger partial charge in [-0.15, -0.1) is 0 Å². The second-order valence-electron chi connectivity index (χ2n) is 5.45. The van der Waals surface area contributed by atoms with Crippen LogP contribution in [0.1, 0.15) is 6.92 Å². The predicted molar refractivity (Wildman–Crippen MR) is 86.0 cm³/mol. The first-order valence-electron chi connectivity index (χ1n) is 7.64. The van der Waals surface area contributed by atoms with Crippen molar-refractivity contribution < 1.29 is 60.3 Å². The summed E-state index contributed by atoms with van der Waals surface area (Å²) in [4.78, 5) is 31.0. The first-order chi connectivity index (χ1) is 12.5. The molecule has 10 N–H and O–H groups in total. The van der Waals surface area contributed by atoms with Gasteiger partial charge in [0.1, 0.15) is 55.1 Å². The summed E-state index contributed by atoms with van der Waals surface area (Å²) in [5.41, 5.74) is 0. The quantitative estimate of drug-likeness (QED) is 0.145. The fourth-order valence-electron chi connectivity index (χ4n) is 1.60. The third kappa shape index (κ3) is 10.4. The average molecular weight is 401 g/mol. The molecule has 0 saturated carbocycles. The van der Waals surface area contributed by atoms with Crippen molar-refractivity contribution in [3.05, 3.63) is 0 Å². The molecular formula is C14H27NO12. The van der Waals surface area contributed by atoms with E-state index in [1.807, 2.05) is 0 Å². The second kappa shape index (κ2) is 14.5.